The highest BCUT2D eigenvalue weighted by Crippen LogP contribution is 2.24. The largest absolute Gasteiger partial charge is 0.347 e. The average molecular weight is 388 g/mol. The van der Waals surface area contributed by atoms with Crippen LogP contribution >= 0.6 is 11.3 Å². The summed E-state index contributed by atoms with van der Waals surface area (Å²) in [6.45, 7) is 3.26. The van der Waals surface area contributed by atoms with E-state index < -0.39 is 0 Å². The summed E-state index contributed by atoms with van der Waals surface area (Å²) in [5.74, 6) is -0.0255. The van der Waals surface area contributed by atoms with E-state index in [2.05, 4.69) is 46.8 Å². The fourth-order valence-corrected chi connectivity index (χ4v) is 3.93. The Hall–Kier alpha value is -3.18. The molecule has 0 fully saturated rings. The number of nitrogens with zero attached hydrogens (tertiary/aromatic N) is 2. The van der Waals surface area contributed by atoms with Gasteiger partial charge in [0, 0.05) is 23.8 Å². The second-order valence-corrected chi connectivity index (χ2v) is 7.94. The molecule has 2 aromatic heterocycles. The molecule has 4 rings (SSSR count). The van der Waals surface area contributed by atoms with Crippen LogP contribution in [0.15, 0.2) is 79.1 Å². The predicted molar refractivity (Wildman–Crippen MR) is 113 cm³/mol. The van der Waals surface area contributed by atoms with Crippen molar-refractivity contribution in [3.05, 3.63) is 100 Å². The first-order valence-electron chi connectivity index (χ1n) is 9.18. The molecule has 0 spiro atoms. The van der Waals surface area contributed by atoms with Crippen molar-refractivity contribution in [1.29, 1.82) is 0 Å². The van der Waals surface area contributed by atoms with Gasteiger partial charge in [0.05, 0.1) is 11.4 Å². The Bertz CT molecular complexity index is 1070. The number of rotatable bonds is 6. The molecule has 5 heteroatoms. The van der Waals surface area contributed by atoms with E-state index in [0.29, 0.717) is 6.54 Å². The van der Waals surface area contributed by atoms with Crippen molar-refractivity contribution in [1.82, 2.24) is 15.1 Å². The predicted octanol–water partition coefficient (Wildman–Crippen LogP) is 4.90. The molecule has 0 aliphatic rings. The van der Waals surface area contributed by atoms with E-state index in [1.807, 2.05) is 48.1 Å². The van der Waals surface area contributed by atoms with Crippen LogP contribution in [0.25, 0.3) is 11.1 Å². The Morgan fingerprint density at radius 3 is 2.57 bits per heavy atom. The number of hydrogen-bond donors (Lipinski definition) is 1. The summed E-state index contributed by atoms with van der Waals surface area (Å²) in [4.78, 5) is 14.3. The van der Waals surface area contributed by atoms with E-state index in [1.165, 1.54) is 16.9 Å². The number of thiophene rings is 1. The van der Waals surface area contributed by atoms with Gasteiger partial charge in [-0.25, -0.2) is 0 Å². The maximum absolute atomic E-state index is 12.4. The van der Waals surface area contributed by atoms with Gasteiger partial charge in [-0.3, -0.25) is 9.48 Å². The van der Waals surface area contributed by atoms with E-state index in [9.17, 15) is 4.79 Å². The van der Waals surface area contributed by atoms with Crippen LogP contribution in [0.2, 0.25) is 0 Å². The van der Waals surface area contributed by atoms with E-state index in [-0.39, 0.29) is 5.91 Å². The van der Waals surface area contributed by atoms with E-state index in [4.69, 9.17) is 0 Å². The maximum atomic E-state index is 12.4. The molecule has 0 saturated carbocycles. The molecule has 0 saturated heterocycles. The minimum absolute atomic E-state index is 0.0255. The monoisotopic (exact) mass is 387 g/mol. The van der Waals surface area contributed by atoms with Crippen LogP contribution in [0.1, 0.15) is 25.7 Å². The molecule has 28 heavy (non-hydrogen) atoms. The van der Waals surface area contributed by atoms with Crippen LogP contribution in [0.3, 0.4) is 0 Å². The number of benzene rings is 2. The third kappa shape index (κ3) is 4.21. The van der Waals surface area contributed by atoms with E-state index in [1.54, 1.807) is 6.20 Å². The molecular formula is C23H21N3OS. The molecule has 4 aromatic rings. The van der Waals surface area contributed by atoms with E-state index >= 15 is 0 Å². The zero-order valence-corrected chi connectivity index (χ0v) is 16.4. The highest BCUT2D eigenvalue weighted by atomic mass is 32.1. The Morgan fingerprint density at radius 1 is 1.04 bits per heavy atom. The fourth-order valence-electron chi connectivity index (χ4n) is 3.15. The Kier molecular flexibility index (Phi) is 5.35. The molecule has 0 unspecified atom stereocenters. The SMILES string of the molecule is Cc1ccc(C(=O)NCc2ccccc2-c2ccc(Cn3cccn3)cc2)s1. The highest BCUT2D eigenvalue weighted by Gasteiger charge is 2.10. The summed E-state index contributed by atoms with van der Waals surface area (Å²) in [6, 6.07) is 22.5. The molecular weight excluding hydrogens is 366 g/mol. The van der Waals surface area contributed by atoms with Crippen LogP contribution in [0.4, 0.5) is 0 Å². The van der Waals surface area contributed by atoms with Crippen LogP contribution in [-0.2, 0) is 13.1 Å². The van der Waals surface area contributed by atoms with Crippen molar-refractivity contribution < 1.29 is 4.79 Å². The molecule has 0 aliphatic carbocycles. The second kappa shape index (κ2) is 8.23. The van der Waals surface area contributed by atoms with Crippen molar-refractivity contribution in [2.24, 2.45) is 0 Å². The molecule has 1 N–H and O–H groups in total. The Labute approximate surface area is 168 Å². The van der Waals surface area contributed by atoms with Gasteiger partial charge in [0.1, 0.15) is 0 Å². The number of carbonyl (C=O) groups excluding carboxylic acids is 1. The van der Waals surface area contributed by atoms with Crippen LogP contribution in [0.5, 0.6) is 0 Å². The van der Waals surface area contributed by atoms with Crippen molar-refractivity contribution in [2.45, 2.75) is 20.0 Å². The zero-order chi connectivity index (χ0) is 19.3. The number of nitrogens with one attached hydrogen (secondary N) is 1. The van der Waals surface area contributed by atoms with Gasteiger partial charge in [0.2, 0.25) is 0 Å². The van der Waals surface area contributed by atoms with Gasteiger partial charge in [-0.2, -0.15) is 5.10 Å². The minimum atomic E-state index is -0.0255. The lowest BCUT2D eigenvalue weighted by atomic mass is 9.98. The topological polar surface area (TPSA) is 46.9 Å². The smallest absolute Gasteiger partial charge is 0.261 e. The van der Waals surface area contributed by atoms with Gasteiger partial charge in [0.25, 0.3) is 5.91 Å². The molecule has 0 radical (unpaired) electrons. The Morgan fingerprint density at radius 2 is 1.86 bits per heavy atom. The van der Waals surface area contributed by atoms with E-state index in [0.717, 1.165) is 33.0 Å². The summed E-state index contributed by atoms with van der Waals surface area (Å²) in [5, 5.41) is 7.29. The maximum Gasteiger partial charge on any atom is 0.261 e. The number of carbonyl (C=O) groups is 1. The summed E-state index contributed by atoms with van der Waals surface area (Å²) in [6.07, 6.45) is 3.75. The van der Waals surface area contributed by atoms with Crippen LogP contribution in [-0.4, -0.2) is 15.7 Å². The van der Waals surface area contributed by atoms with Crippen LogP contribution < -0.4 is 5.32 Å². The number of aromatic nitrogens is 2. The molecule has 140 valence electrons. The Balaban J connectivity index is 1.48. The quantitative estimate of drug-likeness (QED) is 0.512. The van der Waals surface area contributed by atoms with Gasteiger partial charge in [-0.1, -0.05) is 48.5 Å². The summed E-state index contributed by atoms with van der Waals surface area (Å²) in [5.41, 5.74) is 4.58. The lowest BCUT2D eigenvalue weighted by Gasteiger charge is -2.11. The highest BCUT2D eigenvalue weighted by molar-refractivity contribution is 7.13. The molecule has 0 aliphatic heterocycles. The molecule has 2 aromatic carbocycles. The molecule has 1 amide bonds. The number of aryl methyl sites for hydroxylation is 1. The molecule has 0 bridgehead atoms. The van der Waals surface area contributed by atoms with Gasteiger partial charge >= 0.3 is 0 Å². The summed E-state index contributed by atoms with van der Waals surface area (Å²) in [7, 11) is 0. The number of hydrogen-bond acceptors (Lipinski definition) is 3. The lowest BCUT2D eigenvalue weighted by molar-refractivity contribution is 0.0955. The van der Waals surface area contributed by atoms with Gasteiger partial charge in [0.15, 0.2) is 0 Å². The van der Waals surface area contributed by atoms with Crippen molar-refractivity contribution >= 4 is 17.2 Å². The lowest BCUT2D eigenvalue weighted by Crippen LogP contribution is -2.22. The first kappa shape index (κ1) is 18.2. The molecule has 4 nitrogen and oxygen atoms in total. The minimum Gasteiger partial charge on any atom is -0.347 e. The third-order valence-electron chi connectivity index (χ3n) is 4.59. The van der Waals surface area contributed by atoms with Crippen LogP contribution in [0, 0.1) is 6.92 Å². The zero-order valence-electron chi connectivity index (χ0n) is 15.6. The van der Waals surface area contributed by atoms with Gasteiger partial charge < -0.3 is 5.32 Å². The average Bonchev–Trinajstić information content (AvgIpc) is 3.39. The summed E-state index contributed by atoms with van der Waals surface area (Å²) < 4.78 is 1.91. The third-order valence-corrected chi connectivity index (χ3v) is 5.59. The molecule has 2 heterocycles. The first-order chi connectivity index (χ1) is 13.7. The first-order valence-corrected chi connectivity index (χ1v) is 10.00. The van der Waals surface area contributed by atoms with Gasteiger partial charge in [-0.15, -0.1) is 11.3 Å². The number of amides is 1. The van der Waals surface area contributed by atoms with Crippen molar-refractivity contribution in [3.8, 4) is 11.1 Å². The fraction of sp³-hybridized carbons (Fsp3) is 0.130. The van der Waals surface area contributed by atoms with Gasteiger partial charge in [-0.05, 0) is 47.4 Å². The normalized spacial score (nSPS) is 10.8. The summed E-state index contributed by atoms with van der Waals surface area (Å²) >= 11 is 1.52. The standard InChI is InChI=1S/C23H21N3OS/c1-17-7-12-22(28-17)23(27)24-15-20-5-2-3-6-21(20)19-10-8-18(9-11-19)16-26-14-4-13-25-26/h2-14H,15-16H2,1H3,(H,24,27). The van der Waals surface area contributed by atoms with Crippen molar-refractivity contribution in [3.63, 3.8) is 0 Å². The molecule has 0 atom stereocenters. The second-order valence-electron chi connectivity index (χ2n) is 6.65. The van der Waals surface area contributed by atoms with Crippen molar-refractivity contribution in [2.75, 3.05) is 0 Å².